The molecule has 2 rings (SSSR count). The highest BCUT2D eigenvalue weighted by molar-refractivity contribution is 9.10. The van der Waals surface area contributed by atoms with E-state index >= 15 is 0 Å². The highest BCUT2D eigenvalue weighted by atomic mass is 79.9. The van der Waals surface area contributed by atoms with Crippen LogP contribution in [0.1, 0.15) is 11.1 Å². The standard InChI is InChI=1S/C14H13BrFNO2/c1-9-6-11(15)8-17(14(9)18)7-10-4-3-5-12(19-2)13(10)16/h3-6,8H,7H2,1-2H3. The van der Waals surface area contributed by atoms with Gasteiger partial charge in [0.1, 0.15) is 0 Å². The third-order valence-corrected chi connectivity index (χ3v) is 3.27. The van der Waals surface area contributed by atoms with Crippen LogP contribution in [0.5, 0.6) is 5.75 Å². The maximum Gasteiger partial charge on any atom is 0.253 e. The molecule has 0 spiro atoms. The summed E-state index contributed by atoms with van der Waals surface area (Å²) in [5, 5.41) is 0. The second-order valence-corrected chi connectivity index (χ2v) is 5.12. The summed E-state index contributed by atoms with van der Waals surface area (Å²) in [6.07, 6.45) is 1.65. The Labute approximate surface area is 118 Å². The zero-order chi connectivity index (χ0) is 14.0. The molecule has 0 bridgehead atoms. The summed E-state index contributed by atoms with van der Waals surface area (Å²) >= 11 is 3.33. The molecule has 2 aromatic rings. The van der Waals surface area contributed by atoms with Gasteiger partial charge in [0.15, 0.2) is 11.6 Å². The van der Waals surface area contributed by atoms with Crippen molar-refractivity contribution in [1.82, 2.24) is 4.57 Å². The molecule has 0 saturated heterocycles. The average Bonchev–Trinajstić information content (AvgIpc) is 2.37. The van der Waals surface area contributed by atoms with Gasteiger partial charge in [-0.05, 0) is 35.0 Å². The van der Waals surface area contributed by atoms with Gasteiger partial charge in [-0.1, -0.05) is 12.1 Å². The molecule has 0 amide bonds. The Morgan fingerprint density at radius 1 is 1.42 bits per heavy atom. The molecule has 0 fully saturated rings. The first-order valence-electron chi connectivity index (χ1n) is 5.71. The molecule has 5 heteroatoms. The lowest BCUT2D eigenvalue weighted by Gasteiger charge is -2.10. The summed E-state index contributed by atoms with van der Waals surface area (Å²) in [7, 11) is 1.41. The fourth-order valence-electron chi connectivity index (χ4n) is 1.88. The van der Waals surface area contributed by atoms with Gasteiger partial charge in [0, 0.05) is 21.8 Å². The largest absolute Gasteiger partial charge is 0.494 e. The van der Waals surface area contributed by atoms with E-state index in [0.717, 1.165) is 4.47 Å². The van der Waals surface area contributed by atoms with Crippen LogP contribution in [-0.2, 0) is 6.54 Å². The lowest BCUT2D eigenvalue weighted by atomic mass is 10.2. The third-order valence-electron chi connectivity index (χ3n) is 2.84. The van der Waals surface area contributed by atoms with Crippen molar-refractivity contribution >= 4 is 15.9 Å². The number of aromatic nitrogens is 1. The van der Waals surface area contributed by atoms with Crippen molar-refractivity contribution in [3.8, 4) is 5.75 Å². The molecule has 1 aromatic heterocycles. The van der Waals surface area contributed by atoms with E-state index in [9.17, 15) is 9.18 Å². The Balaban J connectivity index is 2.45. The van der Waals surface area contributed by atoms with Gasteiger partial charge in [-0.2, -0.15) is 0 Å². The van der Waals surface area contributed by atoms with Crippen molar-refractivity contribution in [2.24, 2.45) is 0 Å². The summed E-state index contributed by atoms with van der Waals surface area (Å²) in [5.41, 5.74) is 0.891. The molecular formula is C14H13BrFNO2. The number of hydrogen-bond donors (Lipinski definition) is 0. The minimum atomic E-state index is -0.436. The van der Waals surface area contributed by atoms with E-state index < -0.39 is 5.82 Å². The van der Waals surface area contributed by atoms with Crippen LogP contribution in [0, 0.1) is 12.7 Å². The monoisotopic (exact) mass is 325 g/mol. The summed E-state index contributed by atoms with van der Waals surface area (Å²) < 4.78 is 21.2. The third kappa shape index (κ3) is 2.87. The molecule has 0 saturated carbocycles. The zero-order valence-electron chi connectivity index (χ0n) is 10.6. The van der Waals surface area contributed by atoms with Crippen LogP contribution < -0.4 is 10.3 Å². The van der Waals surface area contributed by atoms with Gasteiger partial charge < -0.3 is 9.30 Å². The van der Waals surface area contributed by atoms with Crippen LogP contribution in [0.4, 0.5) is 4.39 Å². The molecule has 0 aliphatic carbocycles. The number of methoxy groups -OCH3 is 1. The van der Waals surface area contributed by atoms with Crippen molar-refractivity contribution in [2.75, 3.05) is 7.11 Å². The molecular weight excluding hydrogens is 313 g/mol. The van der Waals surface area contributed by atoms with Crippen molar-refractivity contribution < 1.29 is 9.13 Å². The highest BCUT2D eigenvalue weighted by Crippen LogP contribution is 2.20. The van der Waals surface area contributed by atoms with Gasteiger partial charge >= 0.3 is 0 Å². The maximum absolute atomic E-state index is 14.0. The van der Waals surface area contributed by atoms with Gasteiger partial charge in [0.05, 0.1) is 13.7 Å². The summed E-state index contributed by atoms with van der Waals surface area (Å²) in [5.74, 6) is -0.258. The molecule has 0 radical (unpaired) electrons. The first kappa shape index (κ1) is 13.8. The number of nitrogens with zero attached hydrogens (tertiary/aromatic N) is 1. The van der Waals surface area contributed by atoms with E-state index in [-0.39, 0.29) is 17.9 Å². The smallest absolute Gasteiger partial charge is 0.253 e. The predicted octanol–water partition coefficient (Wildman–Crippen LogP) is 3.12. The summed E-state index contributed by atoms with van der Waals surface area (Å²) in [6.45, 7) is 1.90. The number of rotatable bonds is 3. The SMILES string of the molecule is COc1cccc(Cn2cc(Br)cc(C)c2=O)c1F. The van der Waals surface area contributed by atoms with E-state index in [1.54, 1.807) is 37.4 Å². The van der Waals surface area contributed by atoms with E-state index in [1.807, 2.05) is 0 Å². The van der Waals surface area contributed by atoms with Crippen molar-refractivity contribution in [1.29, 1.82) is 0 Å². The molecule has 0 atom stereocenters. The number of pyridine rings is 1. The molecule has 0 unspecified atom stereocenters. The van der Waals surface area contributed by atoms with Crippen LogP contribution in [0.25, 0.3) is 0 Å². The maximum atomic E-state index is 14.0. The first-order chi connectivity index (χ1) is 9.02. The fraction of sp³-hybridized carbons (Fsp3) is 0.214. The van der Waals surface area contributed by atoms with Gasteiger partial charge in [-0.3, -0.25) is 4.79 Å². The van der Waals surface area contributed by atoms with Gasteiger partial charge in [-0.15, -0.1) is 0 Å². The summed E-state index contributed by atoms with van der Waals surface area (Å²) in [4.78, 5) is 12.0. The second-order valence-electron chi connectivity index (χ2n) is 4.21. The minimum absolute atomic E-state index is 0.134. The minimum Gasteiger partial charge on any atom is -0.494 e. The molecule has 1 heterocycles. The van der Waals surface area contributed by atoms with E-state index in [0.29, 0.717) is 11.1 Å². The van der Waals surface area contributed by atoms with Crippen LogP contribution in [0.15, 0.2) is 39.7 Å². The van der Waals surface area contributed by atoms with Crippen LogP contribution >= 0.6 is 15.9 Å². The Morgan fingerprint density at radius 3 is 2.84 bits per heavy atom. The second kappa shape index (κ2) is 5.57. The van der Waals surface area contributed by atoms with Crippen LogP contribution in [0.3, 0.4) is 0 Å². The highest BCUT2D eigenvalue weighted by Gasteiger charge is 2.10. The zero-order valence-corrected chi connectivity index (χ0v) is 12.2. The van der Waals surface area contributed by atoms with Crippen molar-refractivity contribution in [3.63, 3.8) is 0 Å². The Morgan fingerprint density at radius 2 is 2.16 bits per heavy atom. The Hall–Kier alpha value is -1.62. The fourth-order valence-corrected chi connectivity index (χ4v) is 2.47. The predicted molar refractivity (Wildman–Crippen MR) is 75.2 cm³/mol. The number of ether oxygens (including phenoxy) is 1. The molecule has 0 N–H and O–H groups in total. The van der Waals surface area contributed by atoms with Crippen molar-refractivity contribution in [3.05, 3.63) is 62.2 Å². The van der Waals surface area contributed by atoms with E-state index in [2.05, 4.69) is 15.9 Å². The lowest BCUT2D eigenvalue weighted by molar-refractivity contribution is 0.383. The van der Waals surface area contributed by atoms with Crippen LogP contribution in [-0.4, -0.2) is 11.7 Å². The summed E-state index contributed by atoms with van der Waals surface area (Å²) in [6, 6.07) is 6.63. The molecule has 0 aliphatic rings. The van der Waals surface area contributed by atoms with Crippen LogP contribution in [0.2, 0.25) is 0 Å². The molecule has 0 aliphatic heterocycles. The average molecular weight is 326 g/mol. The van der Waals surface area contributed by atoms with Gasteiger partial charge in [0.2, 0.25) is 0 Å². The molecule has 1 aromatic carbocycles. The Bertz CT molecular complexity index is 667. The van der Waals surface area contributed by atoms with E-state index in [1.165, 1.54) is 11.7 Å². The Kier molecular flexibility index (Phi) is 4.04. The van der Waals surface area contributed by atoms with Crippen molar-refractivity contribution in [2.45, 2.75) is 13.5 Å². The number of hydrogen-bond acceptors (Lipinski definition) is 2. The molecule has 19 heavy (non-hydrogen) atoms. The molecule has 3 nitrogen and oxygen atoms in total. The molecule has 100 valence electrons. The number of halogens is 2. The quantitative estimate of drug-likeness (QED) is 0.868. The topological polar surface area (TPSA) is 31.2 Å². The lowest BCUT2D eigenvalue weighted by Crippen LogP contribution is -2.22. The van der Waals surface area contributed by atoms with Gasteiger partial charge in [0.25, 0.3) is 5.56 Å². The number of benzene rings is 1. The first-order valence-corrected chi connectivity index (χ1v) is 6.50. The van der Waals surface area contributed by atoms with E-state index in [4.69, 9.17) is 4.74 Å². The van der Waals surface area contributed by atoms with Gasteiger partial charge in [-0.25, -0.2) is 4.39 Å². The normalized spacial score (nSPS) is 10.5. The number of aryl methyl sites for hydroxylation is 1.